The van der Waals surface area contributed by atoms with E-state index in [-0.39, 0.29) is 9.62 Å². The highest BCUT2D eigenvalue weighted by molar-refractivity contribution is 9.09. The predicted octanol–water partition coefficient (Wildman–Crippen LogP) is 2.54. The monoisotopic (exact) mass is 340 g/mol. The topological polar surface area (TPSA) is 59.1 Å². The summed E-state index contributed by atoms with van der Waals surface area (Å²) < 4.78 is 26.8. The quantitative estimate of drug-likeness (QED) is 0.809. The molecule has 0 fully saturated rings. The van der Waals surface area contributed by atoms with Crippen LogP contribution < -0.4 is 4.72 Å². The number of sulfonamides is 1. The summed E-state index contributed by atoms with van der Waals surface area (Å²) >= 11 is 4.56. The number of hydrogen-bond donors (Lipinski definition) is 1. The second-order valence-corrected chi connectivity index (χ2v) is 8.65. The van der Waals surface area contributed by atoms with Crippen LogP contribution in [-0.2, 0) is 10.0 Å². The van der Waals surface area contributed by atoms with E-state index in [4.69, 9.17) is 0 Å². The lowest BCUT2D eigenvalue weighted by Crippen LogP contribution is -2.33. The number of aryl methyl sites for hydroxylation is 1. The normalized spacial score (nSPS) is 12.9. The molecule has 0 radical (unpaired) electrons. The van der Waals surface area contributed by atoms with Gasteiger partial charge in [0.05, 0.1) is 11.2 Å². The number of alkyl halides is 1. The molecule has 1 aromatic heterocycles. The van der Waals surface area contributed by atoms with Gasteiger partial charge in [-0.1, -0.05) is 29.8 Å². The maximum absolute atomic E-state index is 11.9. The van der Waals surface area contributed by atoms with Crippen LogP contribution in [-0.4, -0.2) is 25.3 Å². The molecule has 0 aliphatic carbocycles. The van der Waals surface area contributed by atoms with Gasteiger partial charge in [-0.05, 0) is 18.8 Å². The van der Waals surface area contributed by atoms with Crippen molar-refractivity contribution >= 4 is 37.3 Å². The molecule has 0 atom stereocenters. The van der Waals surface area contributed by atoms with Crippen LogP contribution in [0.4, 0.5) is 0 Å². The van der Waals surface area contributed by atoms with Crippen molar-refractivity contribution in [3.05, 3.63) is 11.2 Å². The molecule has 17 heavy (non-hydrogen) atoms. The average molecular weight is 341 g/mol. The summed E-state index contributed by atoms with van der Waals surface area (Å²) in [7, 11) is -3.40. The second kappa shape index (κ2) is 5.77. The van der Waals surface area contributed by atoms with Gasteiger partial charge in [-0.15, -0.1) is 11.3 Å². The molecule has 98 valence electrons. The van der Waals surface area contributed by atoms with Crippen molar-refractivity contribution < 1.29 is 8.42 Å². The number of nitrogens with one attached hydrogen (secondary N) is 1. The zero-order valence-electron chi connectivity index (χ0n) is 10.2. The lowest BCUT2D eigenvalue weighted by Gasteiger charge is -2.23. The summed E-state index contributed by atoms with van der Waals surface area (Å²) in [5.41, 5.74) is -0.0592. The molecule has 1 aromatic rings. The SMILES string of the molecule is Cc1ncc(S(=O)(=O)NCC(C)(C)CCBr)s1. The van der Waals surface area contributed by atoms with Gasteiger partial charge in [0.2, 0.25) is 0 Å². The summed E-state index contributed by atoms with van der Waals surface area (Å²) in [5, 5.41) is 1.62. The summed E-state index contributed by atoms with van der Waals surface area (Å²) in [6.07, 6.45) is 2.32. The third-order valence-corrected chi connectivity index (χ3v) is 5.55. The van der Waals surface area contributed by atoms with Crippen LogP contribution in [0.3, 0.4) is 0 Å². The van der Waals surface area contributed by atoms with E-state index in [1.165, 1.54) is 17.5 Å². The summed E-state index contributed by atoms with van der Waals surface area (Å²) in [4.78, 5) is 3.96. The van der Waals surface area contributed by atoms with Crippen LogP contribution in [0.1, 0.15) is 25.3 Å². The Kier molecular flexibility index (Phi) is 5.12. The van der Waals surface area contributed by atoms with Crippen molar-refractivity contribution in [1.82, 2.24) is 9.71 Å². The first kappa shape index (κ1) is 15.1. The standard InChI is InChI=1S/C10H17BrN2O2S2/c1-8-12-6-9(16-8)17(14,15)13-7-10(2,3)4-5-11/h6,13H,4-5,7H2,1-3H3. The van der Waals surface area contributed by atoms with Crippen molar-refractivity contribution in [1.29, 1.82) is 0 Å². The van der Waals surface area contributed by atoms with Gasteiger partial charge >= 0.3 is 0 Å². The first-order valence-electron chi connectivity index (χ1n) is 5.25. The molecule has 0 aliphatic rings. The molecular formula is C10H17BrN2O2S2. The van der Waals surface area contributed by atoms with Gasteiger partial charge in [-0.25, -0.2) is 18.1 Å². The molecule has 0 unspecified atom stereocenters. The number of nitrogens with zero attached hydrogens (tertiary/aromatic N) is 1. The summed E-state index contributed by atoms with van der Waals surface area (Å²) in [6.45, 7) is 6.29. The molecule has 0 amide bonds. The maximum Gasteiger partial charge on any atom is 0.251 e. The Balaban J connectivity index is 2.69. The fourth-order valence-corrected chi connectivity index (χ4v) is 4.64. The lowest BCUT2D eigenvalue weighted by atomic mass is 9.91. The van der Waals surface area contributed by atoms with Gasteiger partial charge < -0.3 is 0 Å². The molecule has 7 heteroatoms. The Morgan fingerprint density at radius 2 is 2.18 bits per heavy atom. The van der Waals surface area contributed by atoms with Crippen LogP contribution in [0, 0.1) is 12.3 Å². The van der Waals surface area contributed by atoms with Crippen LogP contribution in [0.5, 0.6) is 0 Å². The van der Waals surface area contributed by atoms with E-state index >= 15 is 0 Å². The Morgan fingerprint density at radius 1 is 1.53 bits per heavy atom. The Bertz CT molecular complexity index is 468. The van der Waals surface area contributed by atoms with Crippen LogP contribution >= 0.6 is 27.3 Å². The predicted molar refractivity (Wildman–Crippen MR) is 74.2 cm³/mol. The van der Waals surface area contributed by atoms with Crippen LogP contribution in [0.2, 0.25) is 0 Å². The highest BCUT2D eigenvalue weighted by Crippen LogP contribution is 2.22. The van der Waals surface area contributed by atoms with E-state index in [0.29, 0.717) is 6.54 Å². The molecule has 1 heterocycles. The van der Waals surface area contributed by atoms with E-state index in [1.807, 2.05) is 13.8 Å². The third-order valence-electron chi connectivity index (χ3n) is 2.38. The fourth-order valence-electron chi connectivity index (χ4n) is 1.17. The fraction of sp³-hybridized carbons (Fsp3) is 0.700. The zero-order valence-corrected chi connectivity index (χ0v) is 13.4. The highest BCUT2D eigenvalue weighted by Gasteiger charge is 2.23. The summed E-state index contributed by atoms with van der Waals surface area (Å²) in [5.74, 6) is 0. The molecule has 0 spiro atoms. The molecule has 0 saturated heterocycles. The van der Waals surface area contributed by atoms with E-state index < -0.39 is 10.0 Å². The van der Waals surface area contributed by atoms with Crippen molar-refractivity contribution in [2.45, 2.75) is 31.4 Å². The smallest absolute Gasteiger partial charge is 0.249 e. The van der Waals surface area contributed by atoms with E-state index in [1.54, 1.807) is 6.92 Å². The molecule has 0 bridgehead atoms. The van der Waals surface area contributed by atoms with E-state index in [0.717, 1.165) is 16.8 Å². The number of halogens is 1. The molecule has 0 aliphatic heterocycles. The Hall–Kier alpha value is 0.0200. The molecule has 1 rings (SSSR count). The number of hydrogen-bond acceptors (Lipinski definition) is 4. The van der Waals surface area contributed by atoms with Gasteiger partial charge in [0.25, 0.3) is 10.0 Å². The van der Waals surface area contributed by atoms with Crippen molar-refractivity contribution in [3.63, 3.8) is 0 Å². The molecule has 0 saturated carbocycles. The first-order chi connectivity index (χ1) is 7.77. The Labute approximate surface area is 115 Å². The van der Waals surface area contributed by atoms with Gasteiger partial charge in [0.1, 0.15) is 0 Å². The number of rotatable bonds is 6. The van der Waals surface area contributed by atoms with Crippen molar-refractivity contribution in [2.24, 2.45) is 5.41 Å². The molecule has 0 aromatic carbocycles. The van der Waals surface area contributed by atoms with Gasteiger partial charge in [-0.3, -0.25) is 0 Å². The van der Waals surface area contributed by atoms with E-state index in [2.05, 4.69) is 25.6 Å². The maximum atomic E-state index is 11.9. The lowest BCUT2D eigenvalue weighted by molar-refractivity contribution is 0.354. The zero-order chi connectivity index (χ0) is 13.1. The van der Waals surface area contributed by atoms with Crippen LogP contribution in [0.15, 0.2) is 10.4 Å². The van der Waals surface area contributed by atoms with Crippen molar-refractivity contribution in [3.8, 4) is 0 Å². The number of aromatic nitrogens is 1. The highest BCUT2D eigenvalue weighted by atomic mass is 79.9. The minimum Gasteiger partial charge on any atom is -0.249 e. The van der Waals surface area contributed by atoms with E-state index in [9.17, 15) is 8.42 Å². The van der Waals surface area contributed by atoms with Gasteiger partial charge in [-0.2, -0.15) is 0 Å². The molecular weight excluding hydrogens is 324 g/mol. The molecule has 1 N–H and O–H groups in total. The average Bonchev–Trinajstić information content (AvgIpc) is 2.63. The van der Waals surface area contributed by atoms with Crippen LogP contribution in [0.25, 0.3) is 0 Å². The Morgan fingerprint density at radius 3 is 2.65 bits per heavy atom. The molecule has 4 nitrogen and oxygen atoms in total. The number of thiazole rings is 1. The van der Waals surface area contributed by atoms with Gasteiger partial charge in [0, 0.05) is 11.9 Å². The minimum atomic E-state index is -3.40. The summed E-state index contributed by atoms with van der Waals surface area (Å²) in [6, 6.07) is 0. The largest absolute Gasteiger partial charge is 0.251 e. The second-order valence-electron chi connectivity index (χ2n) is 4.63. The van der Waals surface area contributed by atoms with Crippen molar-refractivity contribution in [2.75, 3.05) is 11.9 Å². The first-order valence-corrected chi connectivity index (χ1v) is 8.67. The minimum absolute atomic E-state index is 0.0592. The third kappa shape index (κ3) is 4.65. The van der Waals surface area contributed by atoms with Gasteiger partial charge in [0.15, 0.2) is 4.21 Å².